The first-order valence-corrected chi connectivity index (χ1v) is 7.95. The van der Waals surface area contributed by atoms with Gasteiger partial charge in [-0.3, -0.25) is 5.84 Å². The van der Waals surface area contributed by atoms with E-state index < -0.39 is 0 Å². The maximum Gasteiger partial charge on any atom is 0.120 e. The Labute approximate surface area is 133 Å². The summed E-state index contributed by atoms with van der Waals surface area (Å²) < 4.78 is 6.97. The first-order valence-electron chi connectivity index (χ1n) is 7.16. The summed E-state index contributed by atoms with van der Waals surface area (Å²) in [7, 11) is 0. The molecule has 3 nitrogen and oxygen atoms in total. The SMILES string of the molecule is Cc1cc(C(NN)c2cccc(OC3CC3)c2)ccc1Br. The second-order valence-electron chi connectivity index (χ2n) is 5.50. The zero-order chi connectivity index (χ0) is 14.8. The Balaban J connectivity index is 1.89. The van der Waals surface area contributed by atoms with Crippen molar-refractivity contribution >= 4 is 15.9 Å². The summed E-state index contributed by atoms with van der Waals surface area (Å²) in [6.07, 6.45) is 2.73. The number of ether oxygens (including phenoxy) is 1. The summed E-state index contributed by atoms with van der Waals surface area (Å²) in [4.78, 5) is 0. The molecule has 0 amide bonds. The summed E-state index contributed by atoms with van der Waals surface area (Å²) in [6, 6.07) is 14.4. The minimum Gasteiger partial charge on any atom is -0.490 e. The first-order chi connectivity index (χ1) is 10.2. The highest BCUT2D eigenvalue weighted by Gasteiger charge is 2.24. The fourth-order valence-electron chi connectivity index (χ4n) is 2.38. The quantitative estimate of drug-likeness (QED) is 0.638. The van der Waals surface area contributed by atoms with E-state index in [9.17, 15) is 0 Å². The van der Waals surface area contributed by atoms with Crippen LogP contribution in [-0.4, -0.2) is 6.10 Å². The molecule has 0 aromatic heterocycles. The Morgan fingerprint density at radius 3 is 2.62 bits per heavy atom. The zero-order valence-electron chi connectivity index (χ0n) is 12.0. The average Bonchev–Trinajstić information content (AvgIpc) is 3.28. The third kappa shape index (κ3) is 3.46. The molecule has 1 fully saturated rings. The molecular formula is C17H19BrN2O. The van der Waals surface area contributed by atoms with Crippen molar-refractivity contribution in [1.82, 2.24) is 5.43 Å². The Kier molecular flexibility index (Phi) is 4.29. The van der Waals surface area contributed by atoms with E-state index in [4.69, 9.17) is 10.6 Å². The Morgan fingerprint density at radius 1 is 1.19 bits per heavy atom. The average molecular weight is 347 g/mol. The summed E-state index contributed by atoms with van der Waals surface area (Å²) in [5.74, 6) is 6.71. The normalized spacial score (nSPS) is 15.8. The second-order valence-corrected chi connectivity index (χ2v) is 6.35. The minimum absolute atomic E-state index is 0.0421. The van der Waals surface area contributed by atoms with Crippen molar-refractivity contribution in [2.45, 2.75) is 31.9 Å². The molecule has 0 spiro atoms. The molecular weight excluding hydrogens is 328 g/mol. The minimum atomic E-state index is -0.0421. The van der Waals surface area contributed by atoms with Crippen molar-refractivity contribution in [3.8, 4) is 5.75 Å². The molecule has 1 unspecified atom stereocenters. The number of benzene rings is 2. The predicted octanol–water partition coefficient (Wildman–Crippen LogP) is 3.85. The van der Waals surface area contributed by atoms with E-state index in [1.807, 2.05) is 12.1 Å². The van der Waals surface area contributed by atoms with Crippen LogP contribution in [-0.2, 0) is 0 Å². The van der Waals surface area contributed by atoms with Crippen LogP contribution in [0.2, 0.25) is 0 Å². The topological polar surface area (TPSA) is 47.3 Å². The predicted molar refractivity (Wildman–Crippen MR) is 88.1 cm³/mol. The lowest BCUT2D eigenvalue weighted by atomic mass is 9.98. The molecule has 110 valence electrons. The molecule has 0 radical (unpaired) electrons. The Hall–Kier alpha value is -1.36. The van der Waals surface area contributed by atoms with Crippen molar-refractivity contribution in [3.05, 3.63) is 63.6 Å². The maximum absolute atomic E-state index is 5.86. The van der Waals surface area contributed by atoms with E-state index in [-0.39, 0.29) is 6.04 Å². The molecule has 0 aliphatic heterocycles. The van der Waals surface area contributed by atoms with Crippen molar-refractivity contribution in [2.75, 3.05) is 0 Å². The number of aryl methyl sites for hydroxylation is 1. The molecule has 2 aromatic carbocycles. The van der Waals surface area contributed by atoms with Gasteiger partial charge in [0.25, 0.3) is 0 Å². The number of hydrazine groups is 1. The molecule has 3 N–H and O–H groups in total. The molecule has 0 saturated heterocycles. The van der Waals surface area contributed by atoms with Crippen LogP contribution in [0.5, 0.6) is 5.75 Å². The molecule has 3 rings (SSSR count). The van der Waals surface area contributed by atoms with Crippen molar-refractivity contribution in [3.63, 3.8) is 0 Å². The largest absolute Gasteiger partial charge is 0.490 e. The second kappa shape index (κ2) is 6.18. The number of hydrogen-bond acceptors (Lipinski definition) is 3. The van der Waals surface area contributed by atoms with Gasteiger partial charge < -0.3 is 4.74 Å². The van der Waals surface area contributed by atoms with E-state index in [0.29, 0.717) is 6.10 Å². The summed E-state index contributed by atoms with van der Waals surface area (Å²) in [5.41, 5.74) is 6.35. The van der Waals surface area contributed by atoms with Crippen LogP contribution in [0.3, 0.4) is 0 Å². The monoisotopic (exact) mass is 346 g/mol. The van der Waals surface area contributed by atoms with Crippen LogP contribution in [0, 0.1) is 6.92 Å². The standard InChI is InChI=1S/C17H19BrN2O/c1-11-9-13(5-8-16(11)18)17(20-19)12-3-2-4-15(10-12)21-14-6-7-14/h2-5,8-10,14,17,20H,6-7,19H2,1H3. The van der Waals surface area contributed by atoms with E-state index >= 15 is 0 Å². The van der Waals surface area contributed by atoms with Gasteiger partial charge >= 0.3 is 0 Å². The molecule has 1 atom stereocenters. The molecule has 1 saturated carbocycles. The lowest BCUT2D eigenvalue weighted by molar-refractivity contribution is 0.302. The number of hydrogen-bond donors (Lipinski definition) is 2. The molecule has 0 heterocycles. The first kappa shape index (κ1) is 14.6. The zero-order valence-corrected chi connectivity index (χ0v) is 13.6. The van der Waals surface area contributed by atoms with Gasteiger partial charge in [0.15, 0.2) is 0 Å². The van der Waals surface area contributed by atoms with Crippen LogP contribution in [0.4, 0.5) is 0 Å². The summed E-state index contributed by atoms with van der Waals surface area (Å²) in [6.45, 7) is 2.08. The third-order valence-electron chi connectivity index (χ3n) is 3.70. The van der Waals surface area contributed by atoms with E-state index in [0.717, 1.165) is 34.2 Å². The van der Waals surface area contributed by atoms with E-state index in [2.05, 4.69) is 58.6 Å². The molecule has 1 aliphatic carbocycles. The van der Waals surface area contributed by atoms with Crippen LogP contribution >= 0.6 is 15.9 Å². The van der Waals surface area contributed by atoms with Gasteiger partial charge in [0.1, 0.15) is 5.75 Å². The molecule has 2 aromatic rings. The fourth-order valence-corrected chi connectivity index (χ4v) is 2.62. The molecule has 21 heavy (non-hydrogen) atoms. The summed E-state index contributed by atoms with van der Waals surface area (Å²) >= 11 is 3.53. The van der Waals surface area contributed by atoms with Crippen LogP contribution < -0.4 is 16.0 Å². The van der Waals surface area contributed by atoms with Gasteiger partial charge in [-0.1, -0.05) is 40.2 Å². The highest BCUT2D eigenvalue weighted by Crippen LogP contribution is 2.30. The Morgan fingerprint density at radius 2 is 1.95 bits per heavy atom. The van der Waals surface area contributed by atoms with Gasteiger partial charge in [-0.15, -0.1) is 0 Å². The number of halogens is 1. The summed E-state index contributed by atoms with van der Waals surface area (Å²) in [5, 5.41) is 0. The van der Waals surface area contributed by atoms with Gasteiger partial charge in [-0.2, -0.15) is 0 Å². The molecule has 1 aliphatic rings. The van der Waals surface area contributed by atoms with Crippen LogP contribution in [0.1, 0.15) is 35.6 Å². The lowest BCUT2D eigenvalue weighted by Gasteiger charge is -2.19. The molecule has 0 bridgehead atoms. The van der Waals surface area contributed by atoms with Crippen molar-refractivity contribution in [1.29, 1.82) is 0 Å². The van der Waals surface area contributed by atoms with E-state index in [1.165, 1.54) is 5.56 Å². The maximum atomic E-state index is 5.86. The number of nitrogens with one attached hydrogen (secondary N) is 1. The smallest absolute Gasteiger partial charge is 0.120 e. The van der Waals surface area contributed by atoms with Gasteiger partial charge in [-0.25, -0.2) is 5.43 Å². The third-order valence-corrected chi connectivity index (χ3v) is 4.59. The van der Waals surface area contributed by atoms with Crippen molar-refractivity contribution in [2.24, 2.45) is 5.84 Å². The van der Waals surface area contributed by atoms with Crippen LogP contribution in [0.25, 0.3) is 0 Å². The molecule has 4 heteroatoms. The van der Waals surface area contributed by atoms with Gasteiger partial charge in [0.2, 0.25) is 0 Å². The van der Waals surface area contributed by atoms with Gasteiger partial charge in [0, 0.05) is 4.47 Å². The van der Waals surface area contributed by atoms with Gasteiger partial charge in [0.05, 0.1) is 12.1 Å². The van der Waals surface area contributed by atoms with E-state index in [1.54, 1.807) is 0 Å². The highest BCUT2D eigenvalue weighted by atomic mass is 79.9. The van der Waals surface area contributed by atoms with Crippen LogP contribution in [0.15, 0.2) is 46.9 Å². The highest BCUT2D eigenvalue weighted by molar-refractivity contribution is 9.10. The van der Waals surface area contributed by atoms with Crippen molar-refractivity contribution < 1.29 is 4.74 Å². The Bertz CT molecular complexity index is 640. The number of rotatable bonds is 5. The fraction of sp³-hybridized carbons (Fsp3) is 0.294. The lowest BCUT2D eigenvalue weighted by Crippen LogP contribution is -2.28. The van der Waals surface area contributed by atoms with Gasteiger partial charge in [-0.05, 0) is 54.7 Å². The number of nitrogens with two attached hydrogens (primary N) is 1.